The van der Waals surface area contributed by atoms with Crippen LogP contribution >= 0.6 is 11.9 Å². The van der Waals surface area contributed by atoms with Crippen molar-refractivity contribution >= 4 is 29.4 Å². The first kappa shape index (κ1) is 16.8. The van der Waals surface area contributed by atoms with Crippen LogP contribution in [0, 0.1) is 0 Å². The number of carbonyl (C=O) groups excluding carboxylic acids is 2. The van der Waals surface area contributed by atoms with Crippen LogP contribution in [-0.2, 0) is 0 Å². The summed E-state index contributed by atoms with van der Waals surface area (Å²) in [6, 6.07) is 6.81. The maximum atomic E-state index is 12.2. The summed E-state index contributed by atoms with van der Waals surface area (Å²) in [6.07, 6.45) is 2.21. The van der Waals surface area contributed by atoms with E-state index in [9.17, 15) is 9.59 Å². The summed E-state index contributed by atoms with van der Waals surface area (Å²) in [6.45, 7) is 3.69. The number of ketones is 1. The molecule has 1 aromatic carbocycles. The quantitative estimate of drug-likeness (QED) is 0.684. The molecule has 1 aliphatic heterocycles. The highest BCUT2D eigenvalue weighted by Crippen LogP contribution is 2.25. The van der Waals surface area contributed by atoms with Gasteiger partial charge in [-0.3, -0.25) is 9.10 Å². The van der Waals surface area contributed by atoms with Gasteiger partial charge in [-0.15, -0.1) is 0 Å². The number of benzene rings is 1. The Morgan fingerprint density at radius 1 is 1.23 bits per heavy atom. The van der Waals surface area contributed by atoms with Crippen molar-refractivity contribution in [1.82, 2.24) is 9.21 Å². The van der Waals surface area contributed by atoms with Crippen molar-refractivity contribution in [2.45, 2.75) is 25.0 Å². The molecule has 2 rings (SSSR count). The fraction of sp³-hybridized carbons (Fsp3) is 0.500. The molecule has 1 aromatic rings. The molecular weight excluding hydrogens is 298 g/mol. The number of hydrogen-bond donors (Lipinski definition) is 1. The number of nitrogens with zero attached hydrogens (tertiary/aromatic N) is 2. The van der Waals surface area contributed by atoms with Gasteiger partial charge in [-0.1, -0.05) is 0 Å². The third kappa shape index (κ3) is 4.74. The summed E-state index contributed by atoms with van der Waals surface area (Å²) in [4.78, 5) is 25.7. The summed E-state index contributed by atoms with van der Waals surface area (Å²) in [5.41, 5.74) is 1.35. The molecule has 5 nitrogen and oxygen atoms in total. The van der Waals surface area contributed by atoms with E-state index in [0.717, 1.165) is 25.9 Å². The summed E-state index contributed by atoms with van der Waals surface area (Å²) in [5, 5.41) is 3.34. The molecule has 1 heterocycles. The molecule has 0 atom stereocenters. The van der Waals surface area contributed by atoms with Gasteiger partial charge in [0.2, 0.25) is 0 Å². The highest BCUT2D eigenvalue weighted by Gasteiger charge is 2.21. The molecule has 1 aliphatic rings. The zero-order valence-corrected chi connectivity index (χ0v) is 14.2. The van der Waals surface area contributed by atoms with Crippen molar-refractivity contribution in [3.63, 3.8) is 0 Å². The van der Waals surface area contributed by atoms with Gasteiger partial charge >= 0.3 is 6.03 Å². The van der Waals surface area contributed by atoms with E-state index in [1.54, 1.807) is 47.6 Å². The number of rotatable bonds is 4. The second-order valence-electron chi connectivity index (χ2n) is 5.67. The molecule has 0 spiro atoms. The Hall–Kier alpha value is -1.53. The van der Waals surface area contributed by atoms with Crippen molar-refractivity contribution in [2.24, 2.45) is 0 Å². The number of nitrogens with one attached hydrogen (secondary N) is 1. The van der Waals surface area contributed by atoms with E-state index in [1.165, 1.54) is 6.92 Å². The second kappa shape index (κ2) is 7.65. The van der Waals surface area contributed by atoms with Crippen LogP contribution in [0.3, 0.4) is 0 Å². The summed E-state index contributed by atoms with van der Waals surface area (Å²) in [5.74, 6) is 0.0211. The minimum Gasteiger partial charge on any atom is -0.307 e. The van der Waals surface area contributed by atoms with E-state index in [4.69, 9.17) is 0 Å². The molecule has 0 aliphatic carbocycles. The molecule has 120 valence electrons. The van der Waals surface area contributed by atoms with Crippen LogP contribution in [0.15, 0.2) is 24.3 Å². The minimum absolute atomic E-state index is 0.0211. The van der Waals surface area contributed by atoms with Gasteiger partial charge in [0, 0.05) is 23.5 Å². The van der Waals surface area contributed by atoms with E-state index in [2.05, 4.69) is 17.3 Å². The second-order valence-corrected chi connectivity index (χ2v) is 7.09. The monoisotopic (exact) mass is 321 g/mol. The Balaban J connectivity index is 1.84. The third-order valence-electron chi connectivity index (χ3n) is 3.80. The van der Waals surface area contributed by atoms with Gasteiger partial charge in [-0.25, -0.2) is 4.79 Å². The lowest BCUT2D eigenvalue weighted by Crippen LogP contribution is -2.35. The minimum atomic E-state index is -0.139. The van der Waals surface area contributed by atoms with Gasteiger partial charge in [0.1, 0.15) is 0 Å². The molecule has 1 fully saturated rings. The van der Waals surface area contributed by atoms with Crippen LogP contribution < -0.4 is 5.32 Å². The summed E-state index contributed by atoms with van der Waals surface area (Å²) in [7, 11) is 3.92. The van der Waals surface area contributed by atoms with Crippen LogP contribution in [0.4, 0.5) is 10.5 Å². The van der Waals surface area contributed by atoms with Gasteiger partial charge in [0.25, 0.3) is 0 Å². The largest absolute Gasteiger partial charge is 0.331 e. The highest BCUT2D eigenvalue weighted by molar-refractivity contribution is 7.98. The number of piperidine rings is 1. The average molecular weight is 321 g/mol. The van der Waals surface area contributed by atoms with E-state index in [1.807, 2.05) is 0 Å². The predicted octanol–water partition coefficient (Wildman–Crippen LogP) is 3.10. The van der Waals surface area contributed by atoms with Gasteiger partial charge in [0.05, 0.1) is 0 Å². The Bertz CT molecular complexity index is 525. The molecule has 0 saturated carbocycles. The Kier molecular flexibility index (Phi) is 5.85. The Labute approximate surface area is 136 Å². The highest BCUT2D eigenvalue weighted by atomic mass is 32.2. The van der Waals surface area contributed by atoms with Crippen LogP contribution in [0.1, 0.15) is 30.1 Å². The van der Waals surface area contributed by atoms with Crippen molar-refractivity contribution < 1.29 is 9.59 Å². The fourth-order valence-electron chi connectivity index (χ4n) is 2.35. The normalized spacial score (nSPS) is 16.3. The third-order valence-corrected chi connectivity index (χ3v) is 5.05. The molecule has 0 aromatic heterocycles. The lowest BCUT2D eigenvalue weighted by molar-refractivity contribution is 0.101. The summed E-state index contributed by atoms with van der Waals surface area (Å²) < 4.78 is 1.66. The topological polar surface area (TPSA) is 52.7 Å². The molecule has 1 N–H and O–H groups in total. The van der Waals surface area contributed by atoms with Gasteiger partial charge in [-0.05, 0) is 76.1 Å². The molecule has 0 unspecified atom stereocenters. The maximum Gasteiger partial charge on any atom is 0.331 e. The molecule has 22 heavy (non-hydrogen) atoms. The maximum absolute atomic E-state index is 12.2. The first-order chi connectivity index (χ1) is 10.5. The SMILES string of the molecule is CC(=O)c1ccc(NC(=O)N(C)SC2CCN(C)CC2)cc1. The number of likely N-dealkylation sites (tertiary alicyclic amines) is 1. The number of urea groups is 1. The smallest absolute Gasteiger partial charge is 0.307 e. The van der Waals surface area contributed by atoms with E-state index in [-0.39, 0.29) is 11.8 Å². The average Bonchev–Trinajstić information content (AvgIpc) is 2.50. The number of anilines is 1. The first-order valence-corrected chi connectivity index (χ1v) is 8.30. The lowest BCUT2D eigenvalue weighted by Gasteiger charge is -2.30. The van der Waals surface area contributed by atoms with Gasteiger partial charge in [0.15, 0.2) is 5.78 Å². The van der Waals surface area contributed by atoms with Crippen LogP contribution in [-0.4, -0.2) is 53.5 Å². The molecular formula is C16H23N3O2S. The fourth-order valence-corrected chi connectivity index (χ4v) is 3.36. The van der Waals surface area contributed by atoms with Crippen molar-refractivity contribution in [3.05, 3.63) is 29.8 Å². The number of hydrogen-bond acceptors (Lipinski definition) is 4. The van der Waals surface area contributed by atoms with Gasteiger partial charge in [-0.2, -0.15) is 0 Å². The number of Topliss-reactive ketones (excluding diaryl/α,β-unsaturated/α-hetero) is 1. The molecule has 2 amide bonds. The van der Waals surface area contributed by atoms with Crippen LogP contribution in [0.25, 0.3) is 0 Å². The zero-order chi connectivity index (χ0) is 16.1. The lowest BCUT2D eigenvalue weighted by atomic mass is 10.1. The Morgan fingerprint density at radius 3 is 2.36 bits per heavy atom. The van der Waals surface area contributed by atoms with Crippen molar-refractivity contribution in [1.29, 1.82) is 0 Å². The summed E-state index contributed by atoms with van der Waals surface area (Å²) >= 11 is 1.60. The molecule has 0 bridgehead atoms. The Morgan fingerprint density at radius 2 is 1.82 bits per heavy atom. The standard InChI is InChI=1S/C16H23N3O2S/c1-12(20)13-4-6-14(7-5-13)17-16(21)19(3)22-15-8-10-18(2)11-9-15/h4-7,15H,8-11H2,1-3H3,(H,17,21). The number of carbonyl (C=O) groups is 2. The van der Waals surface area contributed by atoms with Crippen LogP contribution in [0.2, 0.25) is 0 Å². The van der Waals surface area contributed by atoms with Crippen molar-refractivity contribution in [3.8, 4) is 0 Å². The van der Waals surface area contributed by atoms with Crippen molar-refractivity contribution in [2.75, 3.05) is 32.5 Å². The first-order valence-electron chi connectivity index (χ1n) is 7.46. The molecule has 1 saturated heterocycles. The van der Waals surface area contributed by atoms with E-state index >= 15 is 0 Å². The van der Waals surface area contributed by atoms with Crippen LogP contribution in [0.5, 0.6) is 0 Å². The predicted molar refractivity (Wildman–Crippen MR) is 91.3 cm³/mol. The number of amides is 2. The van der Waals surface area contributed by atoms with E-state index in [0.29, 0.717) is 16.5 Å². The molecule has 0 radical (unpaired) electrons. The zero-order valence-electron chi connectivity index (χ0n) is 13.3. The van der Waals surface area contributed by atoms with Gasteiger partial charge < -0.3 is 10.2 Å². The van der Waals surface area contributed by atoms with E-state index < -0.39 is 0 Å². The molecule has 6 heteroatoms.